The molecule has 1 aromatic heterocycles. The fourth-order valence-electron chi connectivity index (χ4n) is 2.91. The molecule has 0 aliphatic heterocycles. The van der Waals surface area contributed by atoms with E-state index in [2.05, 4.69) is 26.1 Å². The van der Waals surface area contributed by atoms with E-state index in [1.165, 1.54) is 11.3 Å². The van der Waals surface area contributed by atoms with E-state index in [0.29, 0.717) is 27.8 Å². The number of carbonyl (C=O) groups is 2. The second kappa shape index (κ2) is 10.5. The van der Waals surface area contributed by atoms with Crippen molar-refractivity contribution in [3.63, 3.8) is 0 Å². The average molecular weight is 449 g/mol. The first-order valence-corrected chi connectivity index (χ1v) is 11.0. The van der Waals surface area contributed by atoms with Gasteiger partial charge in [0.2, 0.25) is 11.0 Å². The normalized spacial score (nSPS) is 12.3. The van der Waals surface area contributed by atoms with Gasteiger partial charge in [0.1, 0.15) is 11.0 Å². The number of hydrogen-bond donors (Lipinski definition) is 3. The van der Waals surface area contributed by atoms with E-state index in [1.54, 1.807) is 24.3 Å². The second-order valence-electron chi connectivity index (χ2n) is 7.42. The summed E-state index contributed by atoms with van der Waals surface area (Å²) in [6.45, 7) is 5.85. The van der Waals surface area contributed by atoms with E-state index in [0.717, 1.165) is 11.1 Å². The van der Waals surface area contributed by atoms with Gasteiger partial charge in [0.25, 0.3) is 0 Å². The maximum atomic E-state index is 12.9. The van der Waals surface area contributed by atoms with Gasteiger partial charge >= 0.3 is 6.03 Å². The van der Waals surface area contributed by atoms with Crippen molar-refractivity contribution in [3.05, 3.63) is 59.7 Å². The zero-order valence-electron chi connectivity index (χ0n) is 18.0. The van der Waals surface area contributed by atoms with Crippen LogP contribution >= 0.6 is 11.3 Å². The monoisotopic (exact) mass is 448 g/mol. The van der Waals surface area contributed by atoms with Crippen LogP contribution in [0.25, 0.3) is 10.6 Å². The predicted octanol–water partition coefficient (Wildman–Crippen LogP) is 4.56. The first-order chi connectivity index (χ1) is 15.4. The van der Waals surface area contributed by atoms with Crippen LogP contribution in [0.2, 0.25) is 0 Å². The van der Waals surface area contributed by atoms with Crippen molar-refractivity contribution in [3.8, 4) is 16.6 Å². The number of benzene rings is 2. The molecule has 3 N–H and O–H groups in total. The van der Waals surface area contributed by atoms with Crippen molar-refractivity contribution in [1.29, 1.82) is 5.26 Å². The largest absolute Gasteiger partial charge is 0.326 e. The van der Waals surface area contributed by atoms with Gasteiger partial charge in [0, 0.05) is 11.3 Å². The van der Waals surface area contributed by atoms with Gasteiger partial charge in [-0.1, -0.05) is 61.4 Å². The highest BCUT2D eigenvalue weighted by Crippen LogP contribution is 2.26. The fraction of sp³-hybridized carbons (Fsp3) is 0.261. The van der Waals surface area contributed by atoms with Gasteiger partial charge in [-0.3, -0.25) is 10.1 Å². The van der Waals surface area contributed by atoms with Crippen LogP contribution in [0.4, 0.5) is 15.6 Å². The molecule has 0 aliphatic carbocycles. The molecule has 0 saturated carbocycles. The van der Waals surface area contributed by atoms with Crippen LogP contribution in [-0.2, 0) is 4.79 Å². The van der Waals surface area contributed by atoms with Crippen molar-refractivity contribution < 1.29 is 9.59 Å². The topological polar surface area (TPSA) is 120 Å². The Balaban J connectivity index is 1.66. The van der Waals surface area contributed by atoms with Gasteiger partial charge in [-0.2, -0.15) is 5.26 Å². The Morgan fingerprint density at radius 2 is 1.75 bits per heavy atom. The molecule has 3 aromatic rings. The summed E-state index contributed by atoms with van der Waals surface area (Å²) in [7, 11) is 0. The van der Waals surface area contributed by atoms with Gasteiger partial charge in [-0.25, -0.2) is 4.79 Å². The Morgan fingerprint density at radius 1 is 1.06 bits per heavy atom. The number of urea groups is 1. The van der Waals surface area contributed by atoms with Crippen LogP contribution in [0.1, 0.15) is 31.4 Å². The summed E-state index contributed by atoms with van der Waals surface area (Å²) in [5.41, 5.74) is 3.09. The zero-order valence-corrected chi connectivity index (χ0v) is 18.9. The molecule has 0 aliphatic rings. The first kappa shape index (κ1) is 22.9. The Kier molecular flexibility index (Phi) is 7.52. The maximum Gasteiger partial charge on any atom is 0.319 e. The Labute approximate surface area is 190 Å². The smallest absolute Gasteiger partial charge is 0.319 e. The molecule has 0 saturated heterocycles. The Bertz CT molecular complexity index is 1120. The highest BCUT2D eigenvalue weighted by atomic mass is 32.1. The predicted molar refractivity (Wildman–Crippen MR) is 125 cm³/mol. The van der Waals surface area contributed by atoms with E-state index in [9.17, 15) is 9.59 Å². The molecule has 0 bridgehead atoms. The highest BCUT2D eigenvalue weighted by Gasteiger charge is 2.27. The number of nitrogens with one attached hydrogen (secondary N) is 3. The first-order valence-electron chi connectivity index (χ1n) is 10.2. The van der Waals surface area contributed by atoms with Gasteiger partial charge < -0.3 is 10.6 Å². The summed E-state index contributed by atoms with van der Waals surface area (Å²) < 4.78 is 0. The number of amides is 3. The minimum Gasteiger partial charge on any atom is -0.326 e. The molecule has 2 unspecified atom stereocenters. The summed E-state index contributed by atoms with van der Waals surface area (Å²) in [6.07, 6.45) is 0.694. The quantitative estimate of drug-likeness (QED) is 0.489. The van der Waals surface area contributed by atoms with Crippen molar-refractivity contribution in [2.75, 3.05) is 10.6 Å². The molecular formula is C23H24N6O2S. The Morgan fingerprint density at radius 3 is 2.38 bits per heavy atom. The average Bonchev–Trinajstić information content (AvgIpc) is 3.26. The lowest BCUT2D eigenvalue weighted by Gasteiger charge is -2.23. The molecule has 1 heterocycles. The van der Waals surface area contributed by atoms with Gasteiger partial charge in [0.15, 0.2) is 0 Å². The summed E-state index contributed by atoms with van der Waals surface area (Å²) >= 11 is 1.27. The third-order valence-electron chi connectivity index (χ3n) is 5.01. The van der Waals surface area contributed by atoms with Crippen LogP contribution in [0, 0.1) is 24.2 Å². The molecule has 0 fully saturated rings. The number of nitrogens with zero attached hydrogens (tertiary/aromatic N) is 3. The minimum atomic E-state index is -0.759. The van der Waals surface area contributed by atoms with Gasteiger partial charge in [-0.05, 0) is 37.1 Å². The summed E-state index contributed by atoms with van der Waals surface area (Å²) in [4.78, 5) is 25.4. The molecule has 0 radical (unpaired) electrons. The SMILES string of the molecule is CCC(C)C(NC(=O)Nc1ccc(C#N)cc1)C(=O)Nc1nnc(-c2ccc(C)cc2)s1. The third-order valence-corrected chi connectivity index (χ3v) is 5.90. The number of aromatic nitrogens is 2. The van der Waals surface area contributed by atoms with Gasteiger partial charge in [-0.15, -0.1) is 10.2 Å². The summed E-state index contributed by atoms with van der Waals surface area (Å²) in [5, 5.41) is 26.4. The van der Waals surface area contributed by atoms with Crippen molar-refractivity contribution >= 4 is 34.1 Å². The summed E-state index contributed by atoms with van der Waals surface area (Å²) in [5.74, 6) is -0.466. The lowest BCUT2D eigenvalue weighted by molar-refractivity contribution is -0.119. The second-order valence-corrected chi connectivity index (χ2v) is 8.40. The number of rotatable bonds is 7. The number of aryl methyl sites for hydroxylation is 1. The molecule has 3 amide bonds. The maximum absolute atomic E-state index is 12.9. The standard InChI is InChI=1S/C23H24N6O2S/c1-4-15(3)19(26-22(31)25-18-11-7-16(13-24)8-12-18)20(30)27-23-29-28-21(32-23)17-9-5-14(2)6-10-17/h5-12,15,19H,4H2,1-3H3,(H2,25,26,31)(H,27,29,30). The molecule has 9 heteroatoms. The number of hydrogen-bond acceptors (Lipinski definition) is 6. The molecule has 0 spiro atoms. The number of anilines is 2. The van der Waals surface area contributed by atoms with E-state index >= 15 is 0 Å². The molecule has 3 rings (SSSR count). The third kappa shape index (κ3) is 5.89. The molecule has 32 heavy (non-hydrogen) atoms. The lowest BCUT2D eigenvalue weighted by Crippen LogP contribution is -2.49. The lowest BCUT2D eigenvalue weighted by atomic mass is 9.98. The van der Waals surface area contributed by atoms with Crippen LogP contribution < -0.4 is 16.0 Å². The minimum absolute atomic E-state index is 0.105. The molecule has 2 aromatic carbocycles. The summed E-state index contributed by atoms with van der Waals surface area (Å²) in [6, 6.07) is 15.1. The highest BCUT2D eigenvalue weighted by molar-refractivity contribution is 7.18. The van der Waals surface area contributed by atoms with Crippen molar-refractivity contribution in [2.24, 2.45) is 5.92 Å². The van der Waals surface area contributed by atoms with Crippen LogP contribution in [0.5, 0.6) is 0 Å². The van der Waals surface area contributed by atoms with Crippen LogP contribution in [-0.4, -0.2) is 28.2 Å². The van der Waals surface area contributed by atoms with E-state index < -0.39 is 12.1 Å². The zero-order chi connectivity index (χ0) is 23.1. The fourth-order valence-corrected chi connectivity index (χ4v) is 3.66. The van der Waals surface area contributed by atoms with Crippen LogP contribution in [0.3, 0.4) is 0 Å². The number of carbonyl (C=O) groups excluding carboxylic acids is 2. The molecule has 164 valence electrons. The van der Waals surface area contributed by atoms with Gasteiger partial charge in [0.05, 0.1) is 11.6 Å². The van der Waals surface area contributed by atoms with Crippen LogP contribution in [0.15, 0.2) is 48.5 Å². The molecular weight excluding hydrogens is 424 g/mol. The number of nitriles is 1. The molecule has 8 nitrogen and oxygen atoms in total. The van der Waals surface area contributed by atoms with Crippen molar-refractivity contribution in [1.82, 2.24) is 15.5 Å². The van der Waals surface area contributed by atoms with E-state index in [1.807, 2.05) is 51.1 Å². The Hall–Kier alpha value is -3.77. The van der Waals surface area contributed by atoms with Crippen molar-refractivity contribution in [2.45, 2.75) is 33.2 Å². The molecule has 2 atom stereocenters. The van der Waals surface area contributed by atoms with E-state index in [-0.39, 0.29) is 11.8 Å². The van der Waals surface area contributed by atoms with E-state index in [4.69, 9.17) is 5.26 Å².